The molecule has 1 aliphatic carbocycles. The van der Waals surface area contributed by atoms with Gasteiger partial charge in [0, 0.05) is 28.2 Å². The van der Waals surface area contributed by atoms with E-state index in [4.69, 9.17) is 10.5 Å². The zero-order chi connectivity index (χ0) is 18.1. The van der Waals surface area contributed by atoms with Crippen molar-refractivity contribution in [2.45, 2.75) is 31.3 Å². The molecule has 4 rings (SSSR count). The fourth-order valence-electron chi connectivity index (χ4n) is 3.39. The predicted octanol–water partition coefficient (Wildman–Crippen LogP) is 2.87. The van der Waals surface area contributed by atoms with Crippen LogP contribution in [0.15, 0.2) is 30.6 Å². The minimum atomic E-state index is -0.847. The number of rotatable bonds is 2. The van der Waals surface area contributed by atoms with E-state index in [0.29, 0.717) is 11.4 Å². The third-order valence-corrected chi connectivity index (χ3v) is 4.80. The molecule has 1 aliphatic rings. The summed E-state index contributed by atoms with van der Waals surface area (Å²) >= 11 is 0. The quantitative estimate of drug-likeness (QED) is 0.619. The van der Waals surface area contributed by atoms with Gasteiger partial charge in [-0.3, -0.25) is 0 Å². The number of methoxy groups -OCH3 is 1. The van der Waals surface area contributed by atoms with Crippen LogP contribution in [0.1, 0.15) is 31.2 Å². The maximum absolute atomic E-state index is 10.4. The second kappa shape index (κ2) is 6.36. The monoisotopic (exact) mass is 348 g/mol. The SMILES string of the molecule is COc1cnc(N)nc1-c1c[nH]c2ccc(C#CC3(O)CCCC3)cc12. The highest BCUT2D eigenvalue weighted by molar-refractivity contribution is 5.96. The number of ether oxygens (including phenoxy) is 1. The van der Waals surface area contributed by atoms with Crippen molar-refractivity contribution in [2.24, 2.45) is 0 Å². The summed E-state index contributed by atoms with van der Waals surface area (Å²) in [5.74, 6) is 6.91. The van der Waals surface area contributed by atoms with Gasteiger partial charge >= 0.3 is 0 Å². The maximum atomic E-state index is 10.4. The van der Waals surface area contributed by atoms with E-state index in [1.807, 2.05) is 24.4 Å². The van der Waals surface area contributed by atoms with E-state index in [-0.39, 0.29) is 5.95 Å². The lowest BCUT2D eigenvalue weighted by molar-refractivity contribution is 0.110. The van der Waals surface area contributed by atoms with E-state index in [9.17, 15) is 5.11 Å². The Labute approximate surface area is 151 Å². The summed E-state index contributed by atoms with van der Waals surface area (Å²) in [4.78, 5) is 11.5. The number of nitrogen functional groups attached to an aromatic ring is 1. The zero-order valence-electron chi connectivity index (χ0n) is 14.5. The molecule has 1 fully saturated rings. The second-order valence-electron chi connectivity index (χ2n) is 6.60. The highest BCUT2D eigenvalue weighted by Crippen LogP contribution is 2.34. The van der Waals surface area contributed by atoms with E-state index in [0.717, 1.165) is 47.7 Å². The van der Waals surface area contributed by atoms with E-state index in [1.165, 1.54) is 0 Å². The molecular formula is C20H20N4O2. The van der Waals surface area contributed by atoms with Gasteiger partial charge in [0.2, 0.25) is 5.95 Å². The number of benzene rings is 1. The Morgan fingerprint density at radius 2 is 2.12 bits per heavy atom. The van der Waals surface area contributed by atoms with Crippen molar-refractivity contribution < 1.29 is 9.84 Å². The molecule has 0 aliphatic heterocycles. The number of fused-ring (bicyclic) bond motifs is 1. The normalized spacial score (nSPS) is 15.6. The summed E-state index contributed by atoms with van der Waals surface area (Å²) in [7, 11) is 1.58. The fourth-order valence-corrected chi connectivity index (χ4v) is 3.39. The second-order valence-corrected chi connectivity index (χ2v) is 6.60. The third kappa shape index (κ3) is 2.98. The first-order valence-corrected chi connectivity index (χ1v) is 8.61. The van der Waals surface area contributed by atoms with Gasteiger partial charge in [-0.15, -0.1) is 0 Å². The summed E-state index contributed by atoms with van der Waals surface area (Å²) in [5.41, 5.74) is 8.22. The number of hydrogen-bond acceptors (Lipinski definition) is 5. The van der Waals surface area contributed by atoms with Gasteiger partial charge in [0.15, 0.2) is 5.75 Å². The molecule has 2 aromatic heterocycles. The molecule has 0 atom stereocenters. The van der Waals surface area contributed by atoms with Gasteiger partial charge in [-0.2, -0.15) is 0 Å². The molecule has 0 amide bonds. The molecule has 1 aromatic carbocycles. The van der Waals surface area contributed by atoms with Crippen LogP contribution in [0.25, 0.3) is 22.2 Å². The van der Waals surface area contributed by atoms with Crippen molar-refractivity contribution in [3.63, 3.8) is 0 Å². The van der Waals surface area contributed by atoms with Gasteiger partial charge < -0.3 is 20.6 Å². The summed E-state index contributed by atoms with van der Waals surface area (Å²) in [5, 5.41) is 11.4. The van der Waals surface area contributed by atoms with Crippen molar-refractivity contribution in [1.82, 2.24) is 15.0 Å². The molecule has 26 heavy (non-hydrogen) atoms. The molecule has 2 heterocycles. The zero-order valence-corrected chi connectivity index (χ0v) is 14.5. The number of nitrogens with one attached hydrogen (secondary N) is 1. The average Bonchev–Trinajstić information content (AvgIpc) is 3.26. The Hall–Kier alpha value is -3.04. The van der Waals surface area contributed by atoms with Gasteiger partial charge in [-0.25, -0.2) is 9.97 Å². The number of H-pyrrole nitrogens is 1. The van der Waals surface area contributed by atoms with Crippen molar-refractivity contribution in [2.75, 3.05) is 12.8 Å². The number of aliphatic hydroxyl groups is 1. The Balaban J connectivity index is 1.79. The molecule has 1 saturated carbocycles. The van der Waals surface area contributed by atoms with Crippen LogP contribution in [0.2, 0.25) is 0 Å². The molecule has 3 aromatic rings. The molecular weight excluding hydrogens is 328 g/mol. The maximum Gasteiger partial charge on any atom is 0.220 e. The highest BCUT2D eigenvalue weighted by Gasteiger charge is 2.28. The highest BCUT2D eigenvalue weighted by atomic mass is 16.5. The first kappa shape index (κ1) is 16.4. The molecule has 0 bridgehead atoms. The fraction of sp³-hybridized carbons (Fsp3) is 0.300. The number of anilines is 1. The lowest BCUT2D eigenvalue weighted by atomic mass is 10.0. The largest absolute Gasteiger partial charge is 0.493 e. The molecule has 0 saturated heterocycles. The van der Waals surface area contributed by atoms with Crippen LogP contribution in [-0.2, 0) is 0 Å². The summed E-state index contributed by atoms with van der Waals surface area (Å²) in [6.45, 7) is 0. The van der Waals surface area contributed by atoms with Crippen LogP contribution >= 0.6 is 0 Å². The minimum Gasteiger partial charge on any atom is -0.493 e. The average molecular weight is 348 g/mol. The first-order valence-electron chi connectivity index (χ1n) is 8.61. The Bertz CT molecular complexity index is 1020. The van der Waals surface area contributed by atoms with Crippen LogP contribution in [0, 0.1) is 11.8 Å². The van der Waals surface area contributed by atoms with Gasteiger partial charge in [0.25, 0.3) is 0 Å². The van der Waals surface area contributed by atoms with Crippen LogP contribution in [-0.4, -0.2) is 32.8 Å². The van der Waals surface area contributed by atoms with Crippen LogP contribution in [0.3, 0.4) is 0 Å². The van der Waals surface area contributed by atoms with Gasteiger partial charge in [-0.1, -0.05) is 11.8 Å². The van der Waals surface area contributed by atoms with E-state index in [1.54, 1.807) is 13.3 Å². The molecule has 0 unspecified atom stereocenters. The summed E-state index contributed by atoms with van der Waals surface area (Å²) in [6.07, 6.45) is 6.98. The Kier molecular flexibility index (Phi) is 4.02. The third-order valence-electron chi connectivity index (χ3n) is 4.80. The van der Waals surface area contributed by atoms with Crippen molar-refractivity contribution in [3.05, 3.63) is 36.2 Å². The number of aromatic nitrogens is 3. The van der Waals surface area contributed by atoms with Crippen LogP contribution in [0.4, 0.5) is 5.95 Å². The number of nitrogens with zero attached hydrogens (tertiary/aromatic N) is 2. The minimum absolute atomic E-state index is 0.189. The van der Waals surface area contributed by atoms with Gasteiger partial charge in [0.05, 0.1) is 13.3 Å². The molecule has 0 spiro atoms. The van der Waals surface area contributed by atoms with Crippen molar-refractivity contribution in [1.29, 1.82) is 0 Å². The lowest BCUT2D eigenvalue weighted by Gasteiger charge is -2.12. The van der Waals surface area contributed by atoms with Gasteiger partial charge in [-0.05, 0) is 43.9 Å². The number of nitrogens with two attached hydrogens (primary N) is 1. The molecule has 132 valence electrons. The molecule has 4 N–H and O–H groups in total. The van der Waals surface area contributed by atoms with E-state index >= 15 is 0 Å². The Morgan fingerprint density at radius 3 is 2.88 bits per heavy atom. The molecule has 6 heteroatoms. The summed E-state index contributed by atoms with van der Waals surface area (Å²) < 4.78 is 5.38. The topological polar surface area (TPSA) is 97.0 Å². The Morgan fingerprint density at radius 1 is 1.31 bits per heavy atom. The van der Waals surface area contributed by atoms with E-state index < -0.39 is 5.60 Å². The first-order chi connectivity index (χ1) is 12.6. The number of hydrogen-bond donors (Lipinski definition) is 3. The smallest absolute Gasteiger partial charge is 0.220 e. The number of aromatic amines is 1. The predicted molar refractivity (Wildman–Crippen MR) is 101 cm³/mol. The molecule has 0 radical (unpaired) electrons. The summed E-state index contributed by atoms with van der Waals surface area (Å²) in [6, 6.07) is 5.91. The van der Waals surface area contributed by atoms with Gasteiger partial charge in [0.1, 0.15) is 11.3 Å². The van der Waals surface area contributed by atoms with Crippen LogP contribution in [0.5, 0.6) is 5.75 Å². The standard InChI is InChI=1S/C20H20N4O2/c1-26-17-12-23-19(21)24-18(17)15-11-22-16-5-4-13(10-14(15)16)6-9-20(25)7-2-3-8-20/h4-5,10-12,22,25H,2-3,7-8H2,1H3,(H2,21,23,24). The van der Waals surface area contributed by atoms with Crippen molar-refractivity contribution in [3.8, 4) is 28.8 Å². The molecule has 6 nitrogen and oxygen atoms in total. The van der Waals surface area contributed by atoms with E-state index in [2.05, 4.69) is 26.8 Å². The van der Waals surface area contributed by atoms with Crippen LogP contribution < -0.4 is 10.5 Å². The van der Waals surface area contributed by atoms with Crippen molar-refractivity contribution >= 4 is 16.9 Å². The lowest BCUT2D eigenvalue weighted by Crippen LogP contribution is -2.20.